The topological polar surface area (TPSA) is 16.1 Å². The standard InChI is InChI=1S/C44H38N2/c1-29-27-32(23-26-45-29)46-40-22-21-31(28-39(40)43(2)24-10-11-25-44(43,46)3)41-35-16-6-8-18-37(35)42(38-19-9-7-17-36(38)41)34-20-12-14-30-13-4-5-15-33(30)34/h4-9,12-23,26-28H,10-11,24-25H2,1-3H3. The van der Waals surface area contributed by atoms with Gasteiger partial charge in [0, 0.05) is 28.7 Å². The summed E-state index contributed by atoms with van der Waals surface area (Å²) < 4.78 is 0. The van der Waals surface area contributed by atoms with Gasteiger partial charge < -0.3 is 4.90 Å². The molecule has 0 amide bonds. The van der Waals surface area contributed by atoms with Gasteiger partial charge in [0.25, 0.3) is 0 Å². The Balaban J connectivity index is 1.33. The molecule has 1 aliphatic carbocycles. The number of benzene rings is 6. The second kappa shape index (κ2) is 10.0. The molecule has 0 spiro atoms. The summed E-state index contributed by atoms with van der Waals surface area (Å²) in [4.78, 5) is 7.19. The predicted octanol–water partition coefficient (Wildman–Crippen LogP) is 11.9. The van der Waals surface area contributed by atoms with Gasteiger partial charge in [0.15, 0.2) is 0 Å². The van der Waals surface area contributed by atoms with E-state index in [1.165, 1.54) is 97.2 Å². The molecule has 1 aromatic heterocycles. The van der Waals surface area contributed by atoms with Crippen LogP contribution in [-0.4, -0.2) is 10.5 Å². The lowest BCUT2D eigenvalue weighted by molar-refractivity contribution is 0.195. The molecule has 2 heteroatoms. The number of rotatable bonds is 3. The third-order valence-corrected chi connectivity index (χ3v) is 11.5. The van der Waals surface area contributed by atoms with Gasteiger partial charge in [-0.3, -0.25) is 4.98 Å². The Morgan fingerprint density at radius 3 is 1.96 bits per heavy atom. The maximum Gasteiger partial charge on any atom is 0.0517 e. The highest BCUT2D eigenvalue weighted by Crippen LogP contribution is 2.61. The van der Waals surface area contributed by atoms with Crippen LogP contribution in [0.1, 0.15) is 50.8 Å². The lowest BCUT2D eigenvalue weighted by atomic mass is 9.61. The number of anilines is 2. The van der Waals surface area contributed by atoms with Crippen molar-refractivity contribution in [3.8, 4) is 22.3 Å². The van der Waals surface area contributed by atoms with Gasteiger partial charge in [-0.2, -0.15) is 0 Å². The maximum atomic E-state index is 4.54. The molecule has 2 aliphatic rings. The Morgan fingerprint density at radius 2 is 1.24 bits per heavy atom. The van der Waals surface area contributed by atoms with Gasteiger partial charge in [-0.25, -0.2) is 0 Å². The first-order valence-electron chi connectivity index (χ1n) is 16.8. The Bertz CT molecular complexity index is 2270. The van der Waals surface area contributed by atoms with Crippen molar-refractivity contribution in [2.24, 2.45) is 0 Å². The minimum absolute atomic E-state index is 0.00234. The molecule has 2 heterocycles. The lowest BCUT2D eigenvalue weighted by Gasteiger charge is -2.50. The van der Waals surface area contributed by atoms with Crippen LogP contribution in [0.15, 0.2) is 128 Å². The molecule has 7 aromatic rings. The van der Waals surface area contributed by atoms with Crippen LogP contribution in [0.4, 0.5) is 11.4 Å². The number of fused-ring (bicyclic) bond motifs is 6. The molecule has 1 aliphatic heterocycles. The fraction of sp³-hybridized carbons (Fsp3) is 0.205. The molecule has 2 unspecified atom stereocenters. The van der Waals surface area contributed by atoms with Gasteiger partial charge >= 0.3 is 0 Å². The average Bonchev–Trinajstić information content (AvgIpc) is 3.29. The van der Waals surface area contributed by atoms with Crippen LogP contribution in [0.5, 0.6) is 0 Å². The van der Waals surface area contributed by atoms with Crippen LogP contribution >= 0.6 is 0 Å². The zero-order chi connectivity index (χ0) is 31.0. The summed E-state index contributed by atoms with van der Waals surface area (Å²) in [5.41, 5.74) is 10.4. The van der Waals surface area contributed by atoms with Crippen molar-refractivity contribution >= 4 is 43.7 Å². The molecule has 9 rings (SSSR count). The summed E-state index contributed by atoms with van der Waals surface area (Å²) in [5.74, 6) is 0. The first kappa shape index (κ1) is 27.4. The highest BCUT2D eigenvalue weighted by Gasteiger charge is 2.57. The fourth-order valence-corrected chi connectivity index (χ4v) is 9.14. The minimum Gasteiger partial charge on any atom is -0.334 e. The van der Waals surface area contributed by atoms with Gasteiger partial charge in [-0.1, -0.05) is 117 Å². The van der Waals surface area contributed by atoms with Crippen LogP contribution in [-0.2, 0) is 5.41 Å². The summed E-state index contributed by atoms with van der Waals surface area (Å²) in [6.45, 7) is 7.14. The van der Waals surface area contributed by atoms with Crippen LogP contribution in [0.25, 0.3) is 54.6 Å². The molecule has 2 atom stereocenters. The van der Waals surface area contributed by atoms with E-state index in [4.69, 9.17) is 0 Å². The van der Waals surface area contributed by atoms with Crippen LogP contribution in [0, 0.1) is 6.92 Å². The van der Waals surface area contributed by atoms with E-state index in [0.717, 1.165) is 5.69 Å². The van der Waals surface area contributed by atoms with E-state index in [0.29, 0.717) is 0 Å². The summed E-state index contributed by atoms with van der Waals surface area (Å²) >= 11 is 0. The zero-order valence-corrected chi connectivity index (χ0v) is 26.8. The second-order valence-corrected chi connectivity index (χ2v) is 13.9. The Kier molecular flexibility index (Phi) is 5.96. The summed E-state index contributed by atoms with van der Waals surface area (Å²) in [6, 6.07) is 45.4. The lowest BCUT2D eigenvalue weighted by Crippen LogP contribution is -2.54. The number of aryl methyl sites for hydroxylation is 1. The maximum absolute atomic E-state index is 4.54. The van der Waals surface area contributed by atoms with Crippen LogP contribution in [0.3, 0.4) is 0 Å². The molecule has 0 radical (unpaired) electrons. The quantitative estimate of drug-likeness (QED) is 0.189. The molecule has 6 aromatic carbocycles. The average molecular weight is 595 g/mol. The highest BCUT2D eigenvalue weighted by molar-refractivity contribution is 6.23. The Labute approximate surface area is 271 Å². The zero-order valence-electron chi connectivity index (χ0n) is 26.8. The fourth-order valence-electron chi connectivity index (χ4n) is 9.14. The largest absolute Gasteiger partial charge is 0.334 e. The van der Waals surface area contributed by atoms with Crippen molar-refractivity contribution < 1.29 is 0 Å². The van der Waals surface area contributed by atoms with Crippen molar-refractivity contribution in [2.75, 3.05) is 4.90 Å². The third-order valence-electron chi connectivity index (χ3n) is 11.5. The number of aromatic nitrogens is 1. The molecule has 2 nitrogen and oxygen atoms in total. The molecule has 0 bridgehead atoms. The van der Waals surface area contributed by atoms with Gasteiger partial charge in [-0.05, 0) is 111 Å². The van der Waals surface area contributed by atoms with E-state index in [1.807, 2.05) is 6.20 Å². The van der Waals surface area contributed by atoms with Gasteiger partial charge in [0.2, 0.25) is 0 Å². The second-order valence-electron chi connectivity index (χ2n) is 13.9. The SMILES string of the molecule is Cc1cc(N2c3ccc(-c4c5ccccc5c(-c5cccc6ccccc56)c5ccccc45)cc3C3(C)CCCCC23C)ccn1. The van der Waals surface area contributed by atoms with Gasteiger partial charge in [0.1, 0.15) is 0 Å². The first-order valence-corrected chi connectivity index (χ1v) is 16.8. The number of pyridine rings is 1. The highest BCUT2D eigenvalue weighted by atomic mass is 15.3. The van der Waals surface area contributed by atoms with E-state index < -0.39 is 0 Å². The van der Waals surface area contributed by atoms with E-state index in [-0.39, 0.29) is 11.0 Å². The first-order chi connectivity index (χ1) is 22.5. The smallest absolute Gasteiger partial charge is 0.0517 e. The molecule has 0 N–H and O–H groups in total. The predicted molar refractivity (Wildman–Crippen MR) is 195 cm³/mol. The molecule has 224 valence electrons. The Morgan fingerprint density at radius 1 is 0.609 bits per heavy atom. The molecule has 1 saturated carbocycles. The number of hydrogen-bond acceptors (Lipinski definition) is 2. The van der Waals surface area contributed by atoms with Crippen molar-refractivity contribution in [3.05, 3.63) is 139 Å². The van der Waals surface area contributed by atoms with Crippen LogP contribution in [0.2, 0.25) is 0 Å². The van der Waals surface area contributed by atoms with Gasteiger partial charge in [-0.15, -0.1) is 0 Å². The van der Waals surface area contributed by atoms with Crippen molar-refractivity contribution in [2.45, 2.75) is 57.4 Å². The molecule has 1 fully saturated rings. The van der Waals surface area contributed by atoms with Gasteiger partial charge in [0.05, 0.1) is 5.54 Å². The number of nitrogens with zero attached hydrogens (tertiary/aromatic N) is 2. The Hall–Kier alpha value is -4.95. The molecule has 0 saturated heterocycles. The minimum atomic E-state index is 0.00234. The van der Waals surface area contributed by atoms with Crippen molar-refractivity contribution in [3.63, 3.8) is 0 Å². The summed E-state index contributed by atoms with van der Waals surface area (Å²) in [7, 11) is 0. The van der Waals surface area contributed by atoms with E-state index in [2.05, 4.69) is 152 Å². The van der Waals surface area contributed by atoms with E-state index >= 15 is 0 Å². The summed E-state index contributed by atoms with van der Waals surface area (Å²) in [5, 5.41) is 7.78. The molecule has 46 heavy (non-hydrogen) atoms. The normalized spacial score (nSPS) is 20.7. The summed E-state index contributed by atoms with van der Waals surface area (Å²) in [6.07, 6.45) is 6.88. The van der Waals surface area contributed by atoms with Crippen LogP contribution < -0.4 is 4.90 Å². The molecular weight excluding hydrogens is 556 g/mol. The number of hydrogen-bond donors (Lipinski definition) is 0. The third kappa shape index (κ3) is 3.73. The van der Waals surface area contributed by atoms with E-state index in [9.17, 15) is 0 Å². The van der Waals surface area contributed by atoms with E-state index in [1.54, 1.807) is 0 Å². The molecular formula is C44H38N2. The monoisotopic (exact) mass is 594 g/mol. The van der Waals surface area contributed by atoms with Crippen molar-refractivity contribution in [1.82, 2.24) is 4.98 Å². The van der Waals surface area contributed by atoms with Crippen molar-refractivity contribution in [1.29, 1.82) is 0 Å².